The molecule has 0 saturated heterocycles. The van der Waals surface area contributed by atoms with Crippen molar-refractivity contribution in [3.63, 3.8) is 0 Å². The quantitative estimate of drug-likeness (QED) is 0.761. The first-order chi connectivity index (χ1) is 7.77. The monoisotopic (exact) mass is 212 g/mol. The highest BCUT2D eigenvalue weighted by molar-refractivity contribution is 6.09. The smallest absolute Gasteiger partial charge is 0.352 e. The first kappa shape index (κ1) is 8.91. The van der Waals surface area contributed by atoms with E-state index in [9.17, 15) is 4.79 Å². The lowest BCUT2D eigenvalue weighted by Gasteiger charge is -1.95. The molecule has 1 aliphatic rings. The van der Waals surface area contributed by atoms with Crippen LogP contribution >= 0.6 is 0 Å². The molecule has 78 valence electrons. The standard InChI is InChI=1S/C12H8N2O2/c15-12(16)11-8-4-5-13-6-7-2-1-3-9(14-11)10(7)8/h1-6,14H,(H,15,16). The van der Waals surface area contributed by atoms with Gasteiger partial charge in [-0.05, 0) is 12.1 Å². The van der Waals surface area contributed by atoms with E-state index in [0.717, 1.165) is 16.5 Å². The van der Waals surface area contributed by atoms with Crippen molar-refractivity contribution in [3.8, 4) is 0 Å². The Kier molecular flexibility index (Phi) is 1.71. The topological polar surface area (TPSA) is 65.4 Å². The molecule has 1 aromatic carbocycles. The van der Waals surface area contributed by atoms with Crippen molar-refractivity contribution in [3.05, 3.63) is 41.2 Å². The maximum atomic E-state index is 11.1. The zero-order valence-corrected chi connectivity index (χ0v) is 8.27. The minimum absolute atomic E-state index is 0.212. The van der Waals surface area contributed by atoms with Gasteiger partial charge in [-0.25, -0.2) is 4.79 Å². The van der Waals surface area contributed by atoms with Crippen LogP contribution in [0.5, 0.6) is 0 Å². The zero-order valence-electron chi connectivity index (χ0n) is 8.27. The van der Waals surface area contributed by atoms with Crippen LogP contribution < -0.4 is 0 Å². The minimum Gasteiger partial charge on any atom is -0.477 e. The summed E-state index contributed by atoms with van der Waals surface area (Å²) in [4.78, 5) is 18.1. The second kappa shape index (κ2) is 3.06. The lowest BCUT2D eigenvalue weighted by Crippen LogP contribution is -1.98. The summed E-state index contributed by atoms with van der Waals surface area (Å²) in [5.41, 5.74) is 2.66. The Balaban J connectivity index is 2.50. The van der Waals surface area contributed by atoms with E-state index < -0.39 is 5.97 Å². The van der Waals surface area contributed by atoms with Gasteiger partial charge in [-0.3, -0.25) is 4.99 Å². The number of benzene rings is 1. The molecule has 0 aliphatic carbocycles. The Bertz CT molecular complexity index is 650. The second-order valence-electron chi connectivity index (χ2n) is 3.58. The maximum absolute atomic E-state index is 11.1. The number of nitrogens with one attached hydrogen (secondary N) is 1. The highest BCUT2D eigenvalue weighted by Crippen LogP contribution is 2.28. The molecule has 0 spiro atoms. The van der Waals surface area contributed by atoms with Gasteiger partial charge in [-0.2, -0.15) is 0 Å². The number of rotatable bonds is 1. The van der Waals surface area contributed by atoms with Crippen molar-refractivity contribution in [2.45, 2.75) is 0 Å². The Hall–Kier alpha value is -2.36. The van der Waals surface area contributed by atoms with E-state index in [2.05, 4.69) is 9.98 Å². The third kappa shape index (κ3) is 1.10. The molecule has 2 heterocycles. The van der Waals surface area contributed by atoms with Crippen molar-refractivity contribution >= 4 is 29.2 Å². The van der Waals surface area contributed by atoms with Crippen LogP contribution in [0.4, 0.5) is 0 Å². The number of aromatic carboxylic acids is 1. The molecule has 16 heavy (non-hydrogen) atoms. The third-order valence-corrected chi connectivity index (χ3v) is 2.65. The number of carboxylic acids is 1. The predicted octanol–water partition coefficient (Wildman–Crippen LogP) is 2.27. The van der Waals surface area contributed by atoms with Gasteiger partial charge in [0.15, 0.2) is 0 Å². The lowest BCUT2D eigenvalue weighted by atomic mass is 10.1. The van der Waals surface area contributed by atoms with E-state index >= 15 is 0 Å². The molecule has 0 saturated carbocycles. The summed E-state index contributed by atoms with van der Waals surface area (Å²) in [5, 5.41) is 10.0. The molecule has 2 N–H and O–H groups in total. The zero-order chi connectivity index (χ0) is 11.1. The third-order valence-electron chi connectivity index (χ3n) is 2.65. The van der Waals surface area contributed by atoms with Crippen LogP contribution in [0.3, 0.4) is 0 Å². The number of aliphatic imine (C=N–C) groups is 1. The molecule has 1 aromatic heterocycles. The highest BCUT2D eigenvalue weighted by atomic mass is 16.4. The summed E-state index contributed by atoms with van der Waals surface area (Å²) < 4.78 is 0. The van der Waals surface area contributed by atoms with Crippen LogP contribution in [-0.4, -0.2) is 22.3 Å². The number of nitrogens with zero attached hydrogens (tertiary/aromatic N) is 1. The van der Waals surface area contributed by atoms with Crippen LogP contribution in [0.2, 0.25) is 0 Å². The molecule has 0 amide bonds. The van der Waals surface area contributed by atoms with Crippen LogP contribution in [0.1, 0.15) is 21.6 Å². The number of carbonyl (C=O) groups is 1. The van der Waals surface area contributed by atoms with Gasteiger partial charge < -0.3 is 10.1 Å². The van der Waals surface area contributed by atoms with Crippen molar-refractivity contribution in [2.24, 2.45) is 4.99 Å². The van der Waals surface area contributed by atoms with Crippen molar-refractivity contribution in [1.29, 1.82) is 0 Å². The van der Waals surface area contributed by atoms with Crippen molar-refractivity contribution in [1.82, 2.24) is 4.98 Å². The normalized spacial score (nSPS) is 13.0. The molecule has 0 radical (unpaired) electrons. The molecular weight excluding hydrogens is 204 g/mol. The molecule has 0 unspecified atom stereocenters. The van der Waals surface area contributed by atoms with E-state index in [1.54, 1.807) is 18.5 Å². The fourth-order valence-electron chi connectivity index (χ4n) is 1.99. The van der Waals surface area contributed by atoms with Crippen molar-refractivity contribution in [2.75, 3.05) is 0 Å². The highest BCUT2D eigenvalue weighted by Gasteiger charge is 2.17. The fraction of sp³-hybridized carbons (Fsp3) is 0. The fourth-order valence-corrected chi connectivity index (χ4v) is 1.99. The molecule has 0 bridgehead atoms. The molecule has 0 fully saturated rings. The number of aromatic amines is 1. The summed E-state index contributed by atoms with van der Waals surface area (Å²) in [6.07, 6.45) is 5.05. The molecule has 4 heteroatoms. The van der Waals surface area contributed by atoms with Gasteiger partial charge in [-0.15, -0.1) is 0 Å². The summed E-state index contributed by atoms with van der Waals surface area (Å²) in [5.74, 6) is -0.955. The SMILES string of the molecule is O=C(O)c1[nH]c2cccc3c2c1C=CN=C3. The molecule has 4 nitrogen and oxygen atoms in total. The van der Waals surface area contributed by atoms with Crippen LogP contribution in [0.25, 0.3) is 17.0 Å². The van der Waals surface area contributed by atoms with E-state index in [0.29, 0.717) is 5.56 Å². The summed E-state index contributed by atoms with van der Waals surface area (Å²) in [6, 6.07) is 5.66. The molecule has 2 aromatic rings. The predicted molar refractivity (Wildman–Crippen MR) is 61.9 cm³/mol. The Morgan fingerprint density at radius 1 is 1.38 bits per heavy atom. The number of hydrogen-bond donors (Lipinski definition) is 2. The number of hydrogen-bond acceptors (Lipinski definition) is 2. The van der Waals surface area contributed by atoms with Crippen LogP contribution in [0, 0.1) is 0 Å². The minimum atomic E-state index is -0.955. The Morgan fingerprint density at radius 2 is 2.25 bits per heavy atom. The van der Waals surface area contributed by atoms with Gasteiger partial charge in [0.25, 0.3) is 0 Å². The van der Waals surface area contributed by atoms with E-state index in [1.165, 1.54) is 0 Å². The molecule has 0 atom stereocenters. The summed E-state index contributed by atoms with van der Waals surface area (Å²) in [6.45, 7) is 0. The van der Waals surface area contributed by atoms with Gasteiger partial charge in [-0.1, -0.05) is 12.1 Å². The first-order valence-corrected chi connectivity index (χ1v) is 4.85. The summed E-state index contributed by atoms with van der Waals surface area (Å²) in [7, 11) is 0. The van der Waals surface area contributed by atoms with Crippen molar-refractivity contribution < 1.29 is 9.90 Å². The van der Waals surface area contributed by atoms with Gasteiger partial charge >= 0.3 is 5.97 Å². The van der Waals surface area contributed by atoms with Gasteiger partial charge in [0.05, 0.1) is 0 Å². The second-order valence-corrected chi connectivity index (χ2v) is 3.58. The van der Waals surface area contributed by atoms with E-state index in [-0.39, 0.29) is 5.69 Å². The van der Waals surface area contributed by atoms with Gasteiger partial charge in [0.1, 0.15) is 5.69 Å². The number of aromatic nitrogens is 1. The summed E-state index contributed by atoms with van der Waals surface area (Å²) >= 11 is 0. The molecule has 3 rings (SSSR count). The first-order valence-electron chi connectivity index (χ1n) is 4.85. The maximum Gasteiger partial charge on any atom is 0.352 e. The van der Waals surface area contributed by atoms with E-state index in [4.69, 9.17) is 5.11 Å². The average molecular weight is 212 g/mol. The number of H-pyrrole nitrogens is 1. The van der Waals surface area contributed by atoms with E-state index in [1.807, 2.05) is 18.2 Å². The van der Waals surface area contributed by atoms with Gasteiger partial charge in [0.2, 0.25) is 0 Å². The molecular formula is C12H8N2O2. The number of carboxylic acid groups (broad SMARTS) is 1. The average Bonchev–Trinajstić information content (AvgIpc) is 2.50. The largest absolute Gasteiger partial charge is 0.477 e. The Labute approximate surface area is 90.9 Å². The lowest BCUT2D eigenvalue weighted by molar-refractivity contribution is 0.0691. The van der Waals surface area contributed by atoms with Crippen LogP contribution in [-0.2, 0) is 0 Å². The van der Waals surface area contributed by atoms with Gasteiger partial charge in [0, 0.05) is 34.4 Å². The Morgan fingerprint density at radius 3 is 3.06 bits per heavy atom. The molecule has 1 aliphatic heterocycles. The van der Waals surface area contributed by atoms with Crippen LogP contribution in [0.15, 0.2) is 29.4 Å².